The van der Waals surface area contributed by atoms with Crippen molar-refractivity contribution in [2.24, 2.45) is 10.7 Å². The van der Waals surface area contributed by atoms with Crippen LogP contribution in [0.4, 0.5) is 5.69 Å². The van der Waals surface area contributed by atoms with Crippen LogP contribution in [0.25, 0.3) is 0 Å². The van der Waals surface area contributed by atoms with E-state index in [1.165, 1.54) is 0 Å². The molecule has 1 heterocycles. The van der Waals surface area contributed by atoms with Crippen LogP contribution in [0.15, 0.2) is 4.99 Å². The molecule has 0 radical (unpaired) electrons. The molecule has 5 heteroatoms. The van der Waals surface area contributed by atoms with Crippen LogP contribution in [-0.2, 0) is 0 Å². The van der Waals surface area contributed by atoms with Gasteiger partial charge in [-0.15, -0.1) is 0 Å². The summed E-state index contributed by atoms with van der Waals surface area (Å²) in [5.74, 6) is 0.406. The molecule has 0 unspecified atom stereocenters. The van der Waals surface area contributed by atoms with Crippen LogP contribution in [0, 0.1) is 6.92 Å². The first-order valence-corrected chi connectivity index (χ1v) is 4.27. The number of nitrogens with one attached hydrogen (secondary N) is 1. The molecule has 0 aliphatic rings. The van der Waals surface area contributed by atoms with Crippen molar-refractivity contribution in [2.45, 2.75) is 20.3 Å². The molecule has 0 aromatic carbocycles. The zero-order chi connectivity index (χ0) is 9.84. The molecule has 1 rings (SSSR count). The van der Waals surface area contributed by atoms with Gasteiger partial charge in [-0.05, 0) is 13.3 Å². The van der Waals surface area contributed by atoms with Gasteiger partial charge in [0.15, 0.2) is 0 Å². The summed E-state index contributed by atoms with van der Waals surface area (Å²) in [6, 6.07) is 0. The number of rotatable bonds is 3. The SMILES string of the molecule is CCCN=C(N)c1n[nH]c(C)c1N. The van der Waals surface area contributed by atoms with Crippen LogP contribution in [0.1, 0.15) is 24.7 Å². The van der Waals surface area contributed by atoms with Crippen molar-refractivity contribution in [1.82, 2.24) is 10.2 Å². The predicted octanol–water partition coefficient (Wildman–Crippen LogP) is 0.416. The minimum absolute atomic E-state index is 0.406. The minimum Gasteiger partial charge on any atom is -0.395 e. The molecule has 0 saturated carbocycles. The number of aryl methyl sites for hydroxylation is 1. The number of anilines is 1. The van der Waals surface area contributed by atoms with Crippen molar-refractivity contribution in [3.8, 4) is 0 Å². The Balaban J connectivity index is 2.88. The highest BCUT2D eigenvalue weighted by atomic mass is 15.2. The monoisotopic (exact) mass is 181 g/mol. The molecule has 0 spiro atoms. The van der Waals surface area contributed by atoms with Crippen LogP contribution >= 0.6 is 0 Å². The lowest BCUT2D eigenvalue weighted by molar-refractivity contribution is 0.927. The zero-order valence-corrected chi connectivity index (χ0v) is 7.96. The van der Waals surface area contributed by atoms with Crippen LogP contribution in [-0.4, -0.2) is 22.6 Å². The minimum atomic E-state index is 0.406. The van der Waals surface area contributed by atoms with E-state index in [2.05, 4.69) is 15.2 Å². The number of hydrogen-bond donors (Lipinski definition) is 3. The van der Waals surface area contributed by atoms with Crippen molar-refractivity contribution in [1.29, 1.82) is 0 Å². The fraction of sp³-hybridized carbons (Fsp3) is 0.500. The molecule has 5 nitrogen and oxygen atoms in total. The Labute approximate surface area is 77.2 Å². The van der Waals surface area contributed by atoms with Gasteiger partial charge < -0.3 is 11.5 Å². The predicted molar refractivity (Wildman–Crippen MR) is 53.6 cm³/mol. The van der Waals surface area contributed by atoms with Gasteiger partial charge in [0, 0.05) is 6.54 Å². The Morgan fingerprint density at radius 3 is 2.77 bits per heavy atom. The molecule has 0 bridgehead atoms. The summed E-state index contributed by atoms with van der Waals surface area (Å²) in [5, 5.41) is 6.72. The first kappa shape index (κ1) is 9.57. The van der Waals surface area contributed by atoms with Gasteiger partial charge in [-0.2, -0.15) is 5.10 Å². The lowest BCUT2D eigenvalue weighted by Crippen LogP contribution is -2.16. The van der Waals surface area contributed by atoms with Gasteiger partial charge in [0.2, 0.25) is 0 Å². The van der Waals surface area contributed by atoms with E-state index in [0.717, 1.165) is 12.1 Å². The lowest BCUT2D eigenvalue weighted by atomic mass is 10.3. The third-order valence-electron chi connectivity index (χ3n) is 1.74. The lowest BCUT2D eigenvalue weighted by Gasteiger charge is -1.97. The summed E-state index contributed by atoms with van der Waals surface area (Å²) in [4.78, 5) is 4.12. The second-order valence-electron chi connectivity index (χ2n) is 2.88. The summed E-state index contributed by atoms with van der Waals surface area (Å²) in [5.41, 5.74) is 13.4. The maximum Gasteiger partial charge on any atom is 0.150 e. The largest absolute Gasteiger partial charge is 0.395 e. The number of nitrogens with zero attached hydrogens (tertiary/aromatic N) is 2. The first-order valence-electron chi connectivity index (χ1n) is 4.27. The van der Waals surface area contributed by atoms with E-state index < -0.39 is 0 Å². The first-order chi connectivity index (χ1) is 6.16. The van der Waals surface area contributed by atoms with Crippen LogP contribution in [0.3, 0.4) is 0 Å². The Morgan fingerprint density at radius 2 is 2.31 bits per heavy atom. The van der Waals surface area contributed by atoms with Crippen LogP contribution < -0.4 is 11.5 Å². The number of nitrogen functional groups attached to an aromatic ring is 1. The Kier molecular flexibility index (Phi) is 2.89. The van der Waals surface area contributed by atoms with Crippen molar-refractivity contribution in [3.63, 3.8) is 0 Å². The Hall–Kier alpha value is -1.52. The van der Waals surface area contributed by atoms with E-state index in [9.17, 15) is 0 Å². The van der Waals surface area contributed by atoms with E-state index >= 15 is 0 Å². The summed E-state index contributed by atoms with van der Waals surface area (Å²) in [7, 11) is 0. The molecular formula is C8H15N5. The van der Waals surface area contributed by atoms with Crippen molar-refractivity contribution in [2.75, 3.05) is 12.3 Å². The number of aromatic nitrogens is 2. The number of aromatic amines is 1. The quantitative estimate of drug-likeness (QED) is 0.466. The third-order valence-corrected chi connectivity index (χ3v) is 1.74. The van der Waals surface area contributed by atoms with Gasteiger partial charge in [-0.25, -0.2) is 0 Å². The van der Waals surface area contributed by atoms with E-state index in [4.69, 9.17) is 11.5 Å². The Bertz CT molecular complexity index is 312. The highest BCUT2D eigenvalue weighted by Gasteiger charge is 2.09. The number of nitrogens with two attached hydrogens (primary N) is 2. The van der Waals surface area contributed by atoms with Crippen LogP contribution in [0.2, 0.25) is 0 Å². The second-order valence-corrected chi connectivity index (χ2v) is 2.88. The second kappa shape index (κ2) is 3.93. The summed E-state index contributed by atoms with van der Waals surface area (Å²) >= 11 is 0. The highest BCUT2D eigenvalue weighted by molar-refractivity contribution is 6.00. The molecule has 13 heavy (non-hydrogen) atoms. The van der Waals surface area contributed by atoms with Crippen molar-refractivity contribution >= 4 is 11.5 Å². The number of H-pyrrole nitrogens is 1. The molecule has 0 saturated heterocycles. The highest BCUT2D eigenvalue weighted by Crippen LogP contribution is 2.11. The normalized spacial score (nSPS) is 12.0. The fourth-order valence-corrected chi connectivity index (χ4v) is 0.940. The van der Waals surface area contributed by atoms with E-state index in [1.54, 1.807) is 0 Å². The molecule has 0 fully saturated rings. The molecule has 0 atom stereocenters. The average Bonchev–Trinajstić information content (AvgIpc) is 2.44. The smallest absolute Gasteiger partial charge is 0.150 e. The maximum atomic E-state index is 5.72. The van der Waals surface area contributed by atoms with Crippen molar-refractivity contribution < 1.29 is 0 Å². The third kappa shape index (κ3) is 1.99. The molecule has 1 aromatic rings. The van der Waals surface area contributed by atoms with Gasteiger partial charge in [-0.1, -0.05) is 6.92 Å². The summed E-state index contributed by atoms with van der Waals surface area (Å²) < 4.78 is 0. The molecule has 72 valence electrons. The van der Waals surface area contributed by atoms with Gasteiger partial charge in [0.1, 0.15) is 11.5 Å². The van der Waals surface area contributed by atoms with E-state index in [-0.39, 0.29) is 0 Å². The van der Waals surface area contributed by atoms with Gasteiger partial charge >= 0.3 is 0 Å². The van der Waals surface area contributed by atoms with E-state index in [0.29, 0.717) is 23.8 Å². The van der Waals surface area contributed by atoms with Gasteiger partial charge in [0.25, 0.3) is 0 Å². The number of aliphatic imine (C=N–C) groups is 1. The number of amidine groups is 1. The summed E-state index contributed by atoms with van der Waals surface area (Å²) in [6.07, 6.45) is 0.962. The van der Waals surface area contributed by atoms with Gasteiger partial charge in [-0.3, -0.25) is 10.1 Å². The van der Waals surface area contributed by atoms with Gasteiger partial charge in [0.05, 0.1) is 11.4 Å². The number of hydrogen-bond acceptors (Lipinski definition) is 3. The Morgan fingerprint density at radius 1 is 1.62 bits per heavy atom. The zero-order valence-electron chi connectivity index (χ0n) is 7.96. The molecule has 0 amide bonds. The maximum absolute atomic E-state index is 5.72. The molecule has 0 aliphatic heterocycles. The molecule has 5 N–H and O–H groups in total. The van der Waals surface area contributed by atoms with Crippen molar-refractivity contribution in [3.05, 3.63) is 11.4 Å². The molecule has 0 aliphatic carbocycles. The topological polar surface area (TPSA) is 93.1 Å². The van der Waals surface area contributed by atoms with Crippen LogP contribution in [0.5, 0.6) is 0 Å². The average molecular weight is 181 g/mol. The van der Waals surface area contributed by atoms with E-state index in [1.807, 2.05) is 13.8 Å². The fourth-order valence-electron chi connectivity index (χ4n) is 0.940. The molecule has 1 aromatic heterocycles. The summed E-state index contributed by atoms with van der Waals surface area (Å²) in [6.45, 7) is 4.59. The molecular weight excluding hydrogens is 166 g/mol. The standard InChI is InChI=1S/C8H15N5/c1-3-4-11-8(10)7-6(9)5(2)12-13-7/h3-4,9H2,1-2H3,(H2,10,11)(H,12,13).